The van der Waals surface area contributed by atoms with Gasteiger partial charge in [0.2, 0.25) is 0 Å². The average molecular weight is 414 g/mol. The van der Waals surface area contributed by atoms with E-state index in [1.54, 1.807) is 0 Å². The van der Waals surface area contributed by atoms with Crippen LogP contribution in [0.15, 0.2) is 84.9 Å². The van der Waals surface area contributed by atoms with Crippen molar-refractivity contribution in [2.45, 2.75) is 51.0 Å². The van der Waals surface area contributed by atoms with Crippen LogP contribution in [0.3, 0.4) is 0 Å². The number of ether oxygens (including phenoxy) is 1. The number of aryl methyl sites for hydroxylation is 1. The highest BCUT2D eigenvalue weighted by Crippen LogP contribution is 2.36. The van der Waals surface area contributed by atoms with Crippen molar-refractivity contribution >= 4 is 0 Å². The first kappa shape index (κ1) is 21.6. The summed E-state index contributed by atoms with van der Waals surface area (Å²) >= 11 is 0. The van der Waals surface area contributed by atoms with Crippen LogP contribution in [-0.2, 0) is 13.0 Å². The average Bonchev–Trinajstić information content (AvgIpc) is 2.85. The third kappa shape index (κ3) is 6.97. The third-order valence-corrected chi connectivity index (χ3v) is 6.54. The summed E-state index contributed by atoms with van der Waals surface area (Å²) in [5, 5.41) is 3.70. The third-order valence-electron chi connectivity index (χ3n) is 6.54. The minimum atomic E-state index is 0.629. The Kier molecular flexibility index (Phi) is 8.18. The van der Waals surface area contributed by atoms with Crippen molar-refractivity contribution in [3.63, 3.8) is 0 Å². The summed E-state index contributed by atoms with van der Waals surface area (Å²) in [4.78, 5) is 0. The Bertz CT molecular complexity index is 868. The molecule has 2 heteroatoms. The minimum Gasteiger partial charge on any atom is -0.489 e. The van der Waals surface area contributed by atoms with Crippen LogP contribution < -0.4 is 10.1 Å². The molecule has 0 atom stereocenters. The minimum absolute atomic E-state index is 0.629. The van der Waals surface area contributed by atoms with E-state index < -0.39 is 0 Å². The molecule has 0 bridgehead atoms. The highest BCUT2D eigenvalue weighted by atomic mass is 16.5. The second-order valence-electron chi connectivity index (χ2n) is 8.85. The Morgan fingerprint density at radius 2 is 1.35 bits per heavy atom. The second-order valence-corrected chi connectivity index (χ2v) is 8.85. The van der Waals surface area contributed by atoms with Gasteiger partial charge in [-0.05, 0) is 92.3 Å². The van der Waals surface area contributed by atoms with Gasteiger partial charge >= 0.3 is 0 Å². The van der Waals surface area contributed by atoms with Crippen LogP contribution in [0.2, 0.25) is 0 Å². The molecular formula is C29H35NO. The molecule has 0 aliphatic heterocycles. The molecule has 1 saturated carbocycles. The van der Waals surface area contributed by atoms with E-state index in [4.69, 9.17) is 4.74 Å². The second kappa shape index (κ2) is 11.7. The fourth-order valence-corrected chi connectivity index (χ4v) is 4.65. The Labute approximate surface area is 187 Å². The van der Waals surface area contributed by atoms with Crippen LogP contribution in [0.5, 0.6) is 5.75 Å². The number of benzene rings is 3. The van der Waals surface area contributed by atoms with Crippen LogP contribution in [0.25, 0.3) is 0 Å². The summed E-state index contributed by atoms with van der Waals surface area (Å²) < 4.78 is 5.94. The van der Waals surface area contributed by atoms with Gasteiger partial charge in [0.25, 0.3) is 0 Å². The summed E-state index contributed by atoms with van der Waals surface area (Å²) in [7, 11) is 0. The van der Waals surface area contributed by atoms with E-state index in [1.165, 1.54) is 61.8 Å². The van der Waals surface area contributed by atoms with Gasteiger partial charge in [0, 0.05) is 0 Å². The maximum atomic E-state index is 5.94. The molecule has 1 fully saturated rings. The van der Waals surface area contributed by atoms with E-state index in [0.29, 0.717) is 12.5 Å². The number of rotatable bonds is 10. The lowest BCUT2D eigenvalue weighted by molar-refractivity contribution is 0.304. The maximum absolute atomic E-state index is 5.94. The van der Waals surface area contributed by atoms with Gasteiger partial charge in [-0.25, -0.2) is 0 Å². The smallest absolute Gasteiger partial charge is 0.119 e. The van der Waals surface area contributed by atoms with Crippen molar-refractivity contribution in [3.05, 3.63) is 102 Å². The summed E-state index contributed by atoms with van der Waals surface area (Å²) in [6, 6.07) is 30.0. The molecule has 1 N–H and O–H groups in total. The van der Waals surface area contributed by atoms with E-state index in [9.17, 15) is 0 Å². The first-order valence-corrected chi connectivity index (χ1v) is 11.9. The van der Waals surface area contributed by atoms with Crippen molar-refractivity contribution < 1.29 is 4.74 Å². The lowest BCUT2D eigenvalue weighted by Crippen LogP contribution is -2.27. The standard InChI is InChI=1S/C29H35NO/c1-3-8-24(9-4-1)12-7-21-30-22-25-13-15-27(16-14-25)28-17-19-29(20-18-28)31-23-26-10-5-2-6-11-26/h1-6,8-11,17-20,25,27,30H,7,12-16,21-23H2. The number of hydrogen-bond donors (Lipinski definition) is 1. The van der Waals surface area contributed by atoms with Crippen molar-refractivity contribution in [2.75, 3.05) is 13.1 Å². The van der Waals surface area contributed by atoms with Gasteiger partial charge in [0.15, 0.2) is 0 Å². The topological polar surface area (TPSA) is 21.3 Å². The van der Waals surface area contributed by atoms with E-state index in [0.717, 1.165) is 18.2 Å². The van der Waals surface area contributed by atoms with Crippen LogP contribution >= 0.6 is 0 Å². The largest absolute Gasteiger partial charge is 0.489 e. The predicted molar refractivity (Wildman–Crippen MR) is 130 cm³/mol. The quantitative estimate of drug-likeness (QED) is 0.371. The van der Waals surface area contributed by atoms with E-state index in [2.05, 4.69) is 84.2 Å². The van der Waals surface area contributed by atoms with E-state index in [1.807, 2.05) is 6.07 Å². The highest BCUT2D eigenvalue weighted by molar-refractivity contribution is 5.30. The monoisotopic (exact) mass is 413 g/mol. The maximum Gasteiger partial charge on any atom is 0.119 e. The fourth-order valence-electron chi connectivity index (χ4n) is 4.65. The summed E-state index contributed by atoms with van der Waals surface area (Å²) in [6.07, 6.45) is 7.68. The molecule has 4 rings (SSSR count). The van der Waals surface area contributed by atoms with Crippen LogP contribution in [0, 0.1) is 5.92 Å². The first-order chi connectivity index (χ1) is 15.4. The van der Waals surface area contributed by atoms with Crippen molar-refractivity contribution in [2.24, 2.45) is 5.92 Å². The molecule has 1 aliphatic rings. The molecule has 3 aromatic rings. The zero-order valence-electron chi connectivity index (χ0n) is 18.5. The molecule has 0 unspecified atom stereocenters. The van der Waals surface area contributed by atoms with Crippen molar-refractivity contribution in [3.8, 4) is 5.75 Å². The summed E-state index contributed by atoms with van der Waals surface area (Å²) in [5.74, 6) is 2.50. The molecule has 0 radical (unpaired) electrons. The van der Waals surface area contributed by atoms with E-state index in [-0.39, 0.29) is 0 Å². The molecule has 1 aliphatic carbocycles. The zero-order chi connectivity index (χ0) is 21.1. The molecule has 31 heavy (non-hydrogen) atoms. The van der Waals surface area contributed by atoms with Crippen molar-refractivity contribution in [1.29, 1.82) is 0 Å². The van der Waals surface area contributed by atoms with Gasteiger partial charge in [-0.1, -0.05) is 72.8 Å². The molecule has 3 aromatic carbocycles. The first-order valence-electron chi connectivity index (χ1n) is 11.9. The van der Waals surface area contributed by atoms with Crippen LogP contribution in [0.4, 0.5) is 0 Å². The molecule has 0 heterocycles. The molecule has 162 valence electrons. The van der Waals surface area contributed by atoms with Gasteiger partial charge in [0.1, 0.15) is 12.4 Å². The fraction of sp³-hybridized carbons (Fsp3) is 0.379. The van der Waals surface area contributed by atoms with Gasteiger partial charge in [-0.15, -0.1) is 0 Å². The molecule has 0 saturated heterocycles. The molecule has 0 aromatic heterocycles. The van der Waals surface area contributed by atoms with Gasteiger partial charge in [0.05, 0.1) is 0 Å². The number of hydrogen-bond acceptors (Lipinski definition) is 2. The van der Waals surface area contributed by atoms with Gasteiger partial charge < -0.3 is 10.1 Å². The van der Waals surface area contributed by atoms with Gasteiger partial charge in [-0.3, -0.25) is 0 Å². The highest BCUT2D eigenvalue weighted by Gasteiger charge is 2.22. The zero-order valence-corrected chi connectivity index (χ0v) is 18.5. The lowest BCUT2D eigenvalue weighted by Gasteiger charge is -2.29. The Hall–Kier alpha value is -2.58. The Morgan fingerprint density at radius 3 is 2.03 bits per heavy atom. The van der Waals surface area contributed by atoms with E-state index >= 15 is 0 Å². The Balaban J connectivity index is 1.12. The molecule has 0 spiro atoms. The SMILES string of the molecule is c1ccc(CCCNCC2CCC(c3ccc(OCc4ccccc4)cc3)CC2)cc1. The summed E-state index contributed by atoms with van der Waals surface area (Å²) in [5.41, 5.74) is 4.13. The molecule has 2 nitrogen and oxygen atoms in total. The molecule has 0 amide bonds. The summed E-state index contributed by atoms with van der Waals surface area (Å²) in [6.45, 7) is 2.93. The predicted octanol–water partition coefficient (Wildman–Crippen LogP) is 6.76. The number of nitrogens with one attached hydrogen (secondary N) is 1. The molecular weight excluding hydrogens is 378 g/mol. The van der Waals surface area contributed by atoms with Crippen molar-refractivity contribution in [1.82, 2.24) is 5.32 Å². The van der Waals surface area contributed by atoms with Crippen LogP contribution in [0.1, 0.15) is 54.7 Å². The van der Waals surface area contributed by atoms with Crippen LogP contribution in [-0.4, -0.2) is 13.1 Å². The van der Waals surface area contributed by atoms with Gasteiger partial charge in [-0.2, -0.15) is 0 Å². The normalized spacial score (nSPS) is 18.6. The Morgan fingerprint density at radius 1 is 0.710 bits per heavy atom. The lowest BCUT2D eigenvalue weighted by atomic mass is 9.78.